The Labute approximate surface area is 220 Å². The van der Waals surface area contributed by atoms with E-state index in [1.165, 1.54) is 4.68 Å². The summed E-state index contributed by atoms with van der Waals surface area (Å²) in [5, 5.41) is 2.36. The predicted octanol–water partition coefficient (Wildman–Crippen LogP) is 3.12. The molecule has 1 saturated heterocycles. The maximum Gasteiger partial charge on any atom is 0.277 e. The van der Waals surface area contributed by atoms with Gasteiger partial charge in [0.1, 0.15) is 11.5 Å². The highest BCUT2D eigenvalue weighted by Crippen LogP contribution is 2.31. The number of aryl methyl sites for hydroxylation is 1. The summed E-state index contributed by atoms with van der Waals surface area (Å²) in [5.74, 6) is 0.606. The van der Waals surface area contributed by atoms with Crippen LogP contribution in [0.3, 0.4) is 0 Å². The van der Waals surface area contributed by atoms with Crippen molar-refractivity contribution < 1.29 is 4.74 Å². The van der Waals surface area contributed by atoms with Crippen LogP contribution in [0.4, 0.5) is 11.5 Å². The van der Waals surface area contributed by atoms with Crippen molar-refractivity contribution in [3.05, 3.63) is 77.2 Å². The van der Waals surface area contributed by atoms with Gasteiger partial charge in [0.05, 0.1) is 35.7 Å². The zero-order chi connectivity index (χ0) is 26.2. The molecule has 10 nitrogen and oxygen atoms in total. The van der Waals surface area contributed by atoms with Gasteiger partial charge < -0.3 is 19.1 Å². The average molecular weight is 511 g/mol. The standard InChI is InChI=1S/C28H30N8O2/c1-33(2)18-23-24(35-14-16-38-17-15-35)4-5-25(31-23)32-36-13-9-20-22(28(36)37)7-10-29-26(20)19-6-11-30-27-21(19)8-12-34(27)3/h4-13H,14-18H2,1-3H3,(H,31,32). The second-order valence-corrected chi connectivity index (χ2v) is 9.75. The highest BCUT2D eigenvalue weighted by Gasteiger charge is 2.18. The van der Waals surface area contributed by atoms with Crippen molar-refractivity contribution in [2.75, 3.05) is 50.7 Å². The first-order valence-electron chi connectivity index (χ1n) is 12.6. The Morgan fingerprint density at radius 2 is 1.74 bits per heavy atom. The summed E-state index contributed by atoms with van der Waals surface area (Å²) >= 11 is 0. The topological polar surface area (TPSA) is 93.3 Å². The van der Waals surface area contributed by atoms with E-state index in [0.29, 0.717) is 31.0 Å². The lowest BCUT2D eigenvalue weighted by Gasteiger charge is -2.31. The summed E-state index contributed by atoms with van der Waals surface area (Å²) < 4.78 is 8.97. The monoisotopic (exact) mass is 510 g/mol. The van der Waals surface area contributed by atoms with E-state index >= 15 is 0 Å². The lowest BCUT2D eigenvalue weighted by molar-refractivity contribution is 0.122. The van der Waals surface area contributed by atoms with E-state index in [9.17, 15) is 4.79 Å². The van der Waals surface area contributed by atoms with E-state index in [2.05, 4.69) is 31.3 Å². The fourth-order valence-electron chi connectivity index (χ4n) is 5.04. The quantitative estimate of drug-likeness (QED) is 0.373. The fourth-order valence-corrected chi connectivity index (χ4v) is 5.04. The fraction of sp³-hybridized carbons (Fsp3) is 0.286. The summed E-state index contributed by atoms with van der Waals surface area (Å²) in [4.78, 5) is 32.0. The molecule has 0 atom stereocenters. The van der Waals surface area contributed by atoms with Crippen LogP contribution in [0.5, 0.6) is 0 Å². The van der Waals surface area contributed by atoms with E-state index in [1.807, 2.05) is 56.2 Å². The highest BCUT2D eigenvalue weighted by molar-refractivity contribution is 6.02. The smallest absolute Gasteiger partial charge is 0.277 e. The molecular formula is C28H30N8O2. The lowest BCUT2D eigenvalue weighted by atomic mass is 10.0. The third kappa shape index (κ3) is 4.37. The van der Waals surface area contributed by atoms with Crippen LogP contribution in [0.2, 0.25) is 0 Å². The molecule has 6 rings (SSSR count). The Morgan fingerprint density at radius 3 is 2.55 bits per heavy atom. The molecular weight excluding hydrogens is 480 g/mol. The number of rotatable bonds is 6. The van der Waals surface area contributed by atoms with Crippen molar-refractivity contribution in [3.63, 3.8) is 0 Å². The Morgan fingerprint density at radius 1 is 0.947 bits per heavy atom. The Balaban J connectivity index is 1.37. The van der Waals surface area contributed by atoms with Gasteiger partial charge >= 0.3 is 0 Å². The first-order chi connectivity index (χ1) is 18.5. The molecule has 194 valence electrons. The molecule has 10 heteroatoms. The number of morpholine rings is 1. The SMILES string of the molecule is CN(C)Cc1nc(Nn2ccc3c(-c4ccnc5c4ccn5C)nccc3c2=O)ccc1N1CCOCC1. The van der Waals surface area contributed by atoms with E-state index in [1.54, 1.807) is 24.7 Å². The van der Waals surface area contributed by atoms with E-state index < -0.39 is 0 Å². The van der Waals surface area contributed by atoms with Crippen molar-refractivity contribution in [1.29, 1.82) is 0 Å². The molecule has 0 unspecified atom stereocenters. The normalized spacial score (nSPS) is 14.1. The van der Waals surface area contributed by atoms with Crippen LogP contribution >= 0.6 is 0 Å². The van der Waals surface area contributed by atoms with Gasteiger partial charge in [-0.1, -0.05) is 0 Å². The Hall–Kier alpha value is -4.28. The van der Waals surface area contributed by atoms with Crippen molar-refractivity contribution in [2.45, 2.75) is 6.54 Å². The van der Waals surface area contributed by atoms with Crippen LogP contribution in [-0.4, -0.2) is 69.5 Å². The molecule has 0 radical (unpaired) electrons. The van der Waals surface area contributed by atoms with Crippen molar-refractivity contribution >= 4 is 33.3 Å². The van der Waals surface area contributed by atoms with E-state index in [4.69, 9.17) is 9.72 Å². The second-order valence-electron chi connectivity index (χ2n) is 9.75. The third-order valence-electron chi connectivity index (χ3n) is 6.86. The predicted molar refractivity (Wildman–Crippen MR) is 149 cm³/mol. The zero-order valence-electron chi connectivity index (χ0n) is 21.8. The number of nitrogens with zero attached hydrogens (tertiary/aromatic N) is 7. The summed E-state index contributed by atoms with van der Waals surface area (Å²) in [7, 11) is 6.01. The Bertz CT molecular complexity index is 1680. The highest BCUT2D eigenvalue weighted by atomic mass is 16.5. The van der Waals surface area contributed by atoms with Crippen molar-refractivity contribution in [3.8, 4) is 11.3 Å². The largest absolute Gasteiger partial charge is 0.378 e. The number of fused-ring (bicyclic) bond motifs is 2. The molecule has 5 aromatic heterocycles. The minimum atomic E-state index is -0.169. The summed E-state index contributed by atoms with van der Waals surface area (Å²) in [5.41, 5.74) is 7.65. The van der Waals surface area contributed by atoms with Gasteiger partial charge in [0.15, 0.2) is 0 Å². The van der Waals surface area contributed by atoms with Crippen LogP contribution in [0.1, 0.15) is 5.69 Å². The van der Waals surface area contributed by atoms with Gasteiger partial charge in [-0.15, -0.1) is 0 Å². The molecule has 0 spiro atoms. The first kappa shape index (κ1) is 24.1. The minimum Gasteiger partial charge on any atom is -0.378 e. The van der Waals surface area contributed by atoms with Crippen LogP contribution in [0.15, 0.2) is 66.0 Å². The molecule has 6 heterocycles. The van der Waals surface area contributed by atoms with Crippen LogP contribution in [0.25, 0.3) is 33.1 Å². The van der Waals surface area contributed by atoms with E-state index in [0.717, 1.165) is 52.1 Å². The summed E-state index contributed by atoms with van der Waals surface area (Å²) in [6.45, 7) is 3.77. The lowest BCUT2D eigenvalue weighted by Crippen LogP contribution is -2.37. The number of ether oxygens (including phenoxy) is 1. The molecule has 0 bridgehead atoms. The molecule has 1 N–H and O–H groups in total. The maximum absolute atomic E-state index is 13.6. The molecule has 38 heavy (non-hydrogen) atoms. The molecule has 1 aliphatic rings. The second kappa shape index (κ2) is 9.88. The van der Waals surface area contributed by atoms with Crippen LogP contribution in [-0.2, 0) is 18.3 Å². The van der Waals surface area contributed by atoms with E-state index in [-0.39, 0.29) is 5.56 Å². The van der Waals surface area contributed by atoms with Gasteiger partial charge in [-0.05, 0) is 50.5 Å². The average Bonchev–Trinajstić information content (AvgIpc) is 3.31. The number of pyridine rings is 4. The number of hydrogen-bond acceptors (Lipinski definition) is 8. The van der Waals surface area contributed by atoms with Gasteiger partial charge in [0, 0.05) is 67.8 Å². The van der Waals surface area contributed by atoms with Crippen molar-refractivity contribution in [1.82, 2.24) is 29.1 Å². The summed E-state index contributed by atoms with van der Waals surface area (Å²) in [6, 6.07) is 11.6. The third-order valence-corrected chi connectivity index (χ3v) is 6.86. The number of nitrogens with one attached hydrogen (secondary N) is 1. The molecule has 0 aromatic carbocycles. The number of hydrogen-bond donors (Lipinski definition) is 1. The Kier molecular flexibility index (Phi) is 6.26. The van der Waals surface area contributed by atoms with Crippen molar-refractivity contribution in [2.24, 2.45) is 7.05 Å². The molecule has 1 aliphatic heterocycles. The first-order valence-corrected chi connectivity index (χ1v) is 12.6. The maximum atomic E-state index is 13.6. The van der Waals surface area contributed by atoms with Gasteiger partial charge in [0.25, 0.3) is 5.56 Å². The molecule has 0 saturated carbocycles. The summed E-state index contributed by atoms with van der Waals surface area (Å²) in [6.07, 6.45) is 7.18. The van der Waals surface area contributed by atoms with Gasteiger partial charge in [-0.25, -0.2) is 14.6 Å². The number of aromatic nitrogens is 5. The van der Waals surface area contributed by atoms with Gasteiger partial charge in [-0.3, -0.25) is 15.2 Å². The molecule has 5 aromatic rings. The van der Waals surface area contributed by atoms with Crippen LogP contribution < -0.4 is 15.9 Å². The molecule has 0 aliphatic carbocycles. The number of anilines is 2. The molecule has 0 amide bonds. The van der Waals surface area contributed by atoms with Gasteiger partial charge in [0.2, 0.25) is 0 Å². The van der Waals surface area contributed by atoms with Gasteiger partial charge in [-0.2, -0.15) is 0 Å². The minimum absolute atomic E-state index is 0.169. The molecule has 1 fully saturated rings. The van der Waals surface area contributed by atoms with Crippen LogP contribution in [0, 0.1) is 0 Å². The zero-order valence-corrected chi connectivity index (χ0v) is 21.8.